The first-order valence-electron chi connectivity index (χ1n) is 11.7. The highest BCUT2D eigenvalue weighted by Crippen LogP contribution is 2.18. The molecule has 33 heavy (non-hydrogen) atoms. The van der Waals surface area contributed by atoms with Crippen LogP contribution in [0.5, 0.6) is 5.75 Å². The zero-order valence-electron chi connectivity index (χ0n) is 19.3. The number of amides is 3. The molecule has 1 heterocycles. The van der Waals surface area contributed by atoms with Crippen LogP contribution >= 0.6 is 0 Å². The molecule has 1 aliphatic rings. The number of rotatable bonds is 9. The Kier molecular flexibility index (Phi) is 9.13. The quantitative estimate of drug-likeness (QED) is 0.544. The van der Waals surface area contributed by atoms with Gasteiger partial charge in [-0.15, -0.1) is 0 Å². The Bertz CT molecular complexity index is 880. The number of hydrogen-bond donors (Lipinski definition) is 3. The maximum Gasteiger partial charge on any atom is 0.318 e. The SMILES string of the molecule is CC1CCN(C(=O)[C@H](Cc2ccc(O)cc2)NC(=O)N(CCO)CCc2ccccc2)CC1. The minimum atomic E-state index is -0.714. The summed E-state index contributed by atoms with van der Waals surface area (Å²) in [5.41, 5.74) is 1.96. The summed E-state index contributed by atoms with van der Waals surface area (Å²) in [6.07, 6.45) is 2.91. The average Bonchev–Trinajstić information content (AvgIpc) is 2.83. The van der Waals surface area contributed by atoms with Crippen molar-refractivity contribution in [1.29, 1.82) is 0 Å². The highest BCUT2D eigenvalue weighted by Gasteiger charge is 2.29. The molecule has 1 fully saturated rings. The molecule has 3 rings (SSSR count). The van der Waals surface area contributed by atoms with Gasteiger partial charge in [0.15, 0.2) is 0 Å². The third-order valence-electron chi connectivity index (χ3n) is 6.24. The monoisotopic (exact) mass is 453 g/mol. The minimum Gasteiger partial charge on any atom is -0.508 e. The van der Waals surface area contributed by atoms with Crippen LogP contribution in [0, 0.1) is 5.92 Å². The first kappa shape index (κ1) is 24.6. The van der Waals surface area contributed by atoms with Crippen molar-refractivity contribution >= 4 is 11.9 Å². The van der Waals surface area contributed by atoms with E-state index in [0.717, 1.165) is 24.0 Å². The third-order valence-corrected chi connectivity index (χ3v) is 6.24. The molecule has 7 nitrogen and oxygen atoms in total. The van der Waals surface area contributed by atoms with Crippen molar-refractivity contribution < 1.29 is 19.8 Å². The summed E-state index contributed by atoms with van der Waals surface area (Å²) in [5.74, 6) is 0.665. The van der Waals surface area contributed by atoms with Gasteiger partial charge in [0.2, 0.25) is 5.91 Å². The fraction of sp³-hybridized carbons (Fsp3) is 0.462. The lowest BCUT2D eigenvalue weighted by Crippen LogP contribution is -2.55. The number of carbonyl (C=O) groups is 2. The summed E-state index contributed by atoms with van der Waals surface area (Å²) in [4.78, 5) is 29.9. The van der Waals surface area contributed by atoms with Gasteiger partial charge in [-0.2, -0.15) is 0 Å². The molecule has 0 spiro atoms. The number of nitrogens with zero attached hydrogens (tertiary/aromatic N) is 2. The maximum absolute atomic E-state index is 13.4. The van der Waals surface area contributed by atoms with Gasteiger partial charge in [-0.1, -0.05) is 49.4 Å². The van der Waals surface area contributed by atoms with Gasteiger partial charge in [0.05, 0.1) is 6.61 Å². The van der Waals surface area contributed by atoms with Gasteiger partial charge in [0.25, 0.3) is 0 Å². The molecule has 7 heteroatoms. The highest BCUT2D eigenvalue weighted by atomic mass is 16.3. The number of aliphatic hydroxyl groups is 1. The molecular formula is C26H35N3O4. The molecule has 3 amide bonds. The molecule has 2 aromatic rings. The van der Waals surface area contributed by atoms with E-state index in [2.05, 4.69) is 12.2 Å². The van der Waals surface area contributed by atoms with Gasteiger partial charge in [0.1, 0.15) is 11.8 Å². The van der Waals surface area contributed by atoms with Gasteiger partial charge in [-0.05, 0) is 48.4 Å². The largest absolute Gasteiger partial charge is 0.508 e. The molecule has 1 atom stereocenters. The van der Waals surface area contributed by atoms with Crippen molar-refractivity contribution in [3.05, 3.63) is 65.7 Å². The number of benzene rings is 2. The lowest BCUT2D eigenvalue weighted by atomic mass is 9.97. The average molecular weight is 454 g/mol. The first-order valence-corrected chi connectivity index (χ1v) is 11.7. The summed E-state index contributed by atoms with van der Waals surface area (Å²) >= 11 is 0. The molecular weight excluding hydrogens is 418 g/mol. The number of urea groups is 1. The Morgan fingerprint density at radius 1 is 1.03 bits per heavy atom. The number of aromatic hydroxyl groups is 1. The van der Waals surface area contributed by atoms with E-state index in [1.807, 2.05) is 35.2 Å². The summed E-state index contributed by atoms with van der Waals surface area (Å²) in [5, 5.41) is 22.0. The van der Waals surface area contributed by atoms with Gasteiger partial charge in [-0.3, -0.25) is 4.79 Å². The summed E-state index contributed by atoms with van der Waals surface area (Å²) < 4.78 is 0. The number of piperidine rings is 1. The number of nitrogens with one attached hydrogen (secondary N) is 1. The van der Waals surface area contributed by atoms with E-state index in [0.29, 0.717) is 38.4 Å². The second-order valence-electron chi connectivity index (χ2n) is 8.83. The van der Waals surface area contributed by atoms with Crippen molar-refractivity contribution in [1.82, 2.24) is 15.1 Å². The minimum absolute atomic E-state index is 0.0877. The van der Waals surface area contributed by atoms with Crippen molar-refractivity contribution in [3.8, 4) is 5.75 Å². The van der Waals surface area contributed by atoms with Crippen LogP contribution < -0.4 is 5.32 Å². The van der Waals surface area contributed by atoms with Gasteiger partial charge in [-0.25, -0.2) is 4.79 Å². The van der Waals surface area contributed by atoms with Crippen LogP contribution in [0.3, 0.4) is 0 Å². The Labute approximate surface area is 196 Å². The van der Waals surface area contributed by atoms with Crippen LogP contribution in [-0.2, 0) is 17.6 Å². The second-order valence-corrected chi connectivity index (χ2v) is 8.83. The molecule has 1 aliphatic heterocycles. The van der Waals surface area contributed by atoms with Crippen LogP contribution in [-0.4, -0.2) is 70.8 Å². The van der Waals surface area contributed by atoms with Crippen LogP contribution in [0.4, 0.5) is 4.79 Å². The molecule has 178 valence electrons. The lowest BCUT2D eigenvalue weighted by Gasteiger charge is -2.34. The fourth-order valence-corrected chi connectivity index (χ4v) is 4.10. The fourth-order valence-electron chi connectivity index (χ4n) is 4.10. The Morgan fingerprint density at radius 3 is 2.33 bits per heavy atom. The molecule has 0 radical (unpaired) electrons. The molecule has 2 aromatic carbocycles. The molecule has 0 bridgehead atoms. The molecule has 1 saturated heterocycles. The number of carbonyl (C=O) groups excluding carboxylic acids is 2. The second kappa shape index (κ2) is 12.3. The lowest BCUT2D eigenvalue weighted by molar-refractivity contribution is -0.134. The molecule has 0 aliphatic carbocycles. The molecule has 0 saturated carbocycles. The summed E-state index contributed by atoms with van der Waals surface area (Å²) in [6.45, 7) is 4.06. The van der Waals surface area contributed by atoms with Crippen molar-refractivity contribution in [2.24, 2.45) is 5.92 Å². The van der Waals surface area contributed by atoms with E-state index < -0.39 is 6.04 Å². The predicted molar refractivity (Wildman–Crippen MR) is 128 cm³/mol. The highest BCUT2D eigenvalue weighted by molar-refractivity contribution is 5.87. The Hall–Kier alpha value is -3.06. The number of hydrogen-bond acceptors (Lipinski definition) is 4. The Morgan fingerprint density at radius 2 is 1.70 bits per heavy atom. The standard InChI is InChI=1S/C26H35N3O4/c1-20-11-14-28(15-12-20)25(32)24(19-22-7-9-23(31)10-8-22)27-26(33)29(17-18-30)16-13-21-5-3-2-4-6-21/h2-10,20,24,30-31H,11-19H2,1H3,(H,27,33)/t24-/m0/s1. The van der Waals surface area contributed by atoms with E-state index in [9.17, 15) is 19.8 Å². The van der Waals surface area contributed by atoms with Crippen LogP contribution in [0.2, 0.25) is 0 Å². The topological polar surface area (TPSA) is 93.1 Å². The van der Waals surface area contributed by atoms with Crippen molar-refractivity contribution in [2.75, 3.05) is 32.8 Å². The van der Waals surface area contributed by atoms with Crippen LogP contribution in [0.25, 0.3) is 0 Å². The number of aliphatic hydroxyl groups excluding tert-OH is 1. The van der Waals surface area contributed by atoms with Gasteiger partial charge in [0, 0.05) is 32.6 Å². The van der Waals surface area contributed by atoms with Crippen molar-refractivity contribution in [3.63, 3.8) is 0 Å². The van der Waals surface area contributed by atoms with Crippen LogP contribution in [0.15, 0.2) is 54.6 Å². The third kappa shape index (κ3) is 7.49. The number of phenols is 1. The molecule has 0 aromatic heterocycles. The van der Waals surface area contributed by atoms with Crippen LogP contribution in [0.1, 0.15) is 30.9 Å². The van der Waals surface area contributed by atoms with E-state index >= 15 is 0 Å². The zero-order chi connectivity index (χ0) is 23.6. The Balaban J connectivity index is 1.70. The molecule has 0 unspecified atom stereocenters. The first-order chi connectivity index (χ1) is 16.0. The van der Waals surface area contributed by atoms with E-state index in [-0.39, 0.29) is 30.8 Å². The predicted octanol–water partition coefficient (Wildman–Crippen LogP) is 2.81. The van der Waals surface area contributed by atoms with Crippen molar-refractivity contribution in [2.45, 2.75) is 38.6 Å². The van der Waals surface area contributed by atoms with Gasteiger partial charge >= 0.3 is 6.03 Å². The summed E-state index contributed by atoms with van der Waals surface area (Å²) in [7, 11) is 0. The maximum atomic E-state index is 13.4. The van der Waals surface area contributed by atoms with E-state index in [4.69, 9.17) is 0 Å². The van der Waals surface area contributed by atoms with Gasteiger partial charge < -0.3 is 25.3 Å². The zero-order valence-corrected chi connectivity index (χ0v) is 19.3. The summed E-state index contributed by atoms with van der Waals surface area (Å²) in [6, 6.07) is 15.5. The smallest absolute Gasteiger partial charge is 0.318 e. The number of phenolic OH excluding ortho intramolecular Hbond substituents is 1. The number of likely N-dealkylation sites (tertiary alicyclic amines) is 1. The normalized spacial score (nSPS) is 15.2. The molecule has 3 N–H and O–H groups in total. The van der Waals surface area contributed by atoms with E-state index in [1.165, 1.54) is 0 Å². The van der Waals surface area contributed by atoms with E-state index in [1.54, 1.807) is 29.2 Å².